The first kappa shape index (κ1) is 17.0. The summed E-state index contributed by atoms with van der Waals surface area (Å²) in [5.41, 5.74) is 0.543. The Labute approximate surface area is 132 Å². The number of rotatable bonds is 6. The minimum atomic E-state index is -0.989. The van der Waals surface area contributed by atoms with Gasteiger partial charge in [-0.1, -0.05) is 17.3 Å². The maximum atomic E-state index is 12.9. The van der Waals surface area contributed by atoms with Crippen LogP contribution in [0, 0.1) is 5.82 Å². The number of aliphatic hydroxyl groups is 2. The molecule has 2 aromatic rings. The lowest BCUT2D eigenvalue weighted by molar-refractivity contribution is 0.0366. The molecule has 7 nitrogen and oxygen atoms in total. The molecule has 0 saturated heterocycles. The zero-order chi connectivity index (χ0) is 17.0. The first-order chi connectivity index (χ1) is 10.9. The van der Waals surface area contributed by atoms with Crippen LogP contribution in [0.1, 0.15) is 41.7 Å². The van der Waals surface area contributed by atoms with E-state index in [0.717, 1.165) is 0 Å². The van der Waals surface area contributed by atoms with Crippen LogP contribution in [0.4, 0.5) is 4.39 Å². The Hall–Kier alpha value is -2.32. The Morgan fingerprint density at radius 2 is 2.00 bits per heavy atom. The molecule has 0 radical (unpaired) electrons. The van der Waals surface area contributed by atoms with Crippen molar-refractivity contribution < 1.29 is 24.1 Å². The lowest BCUT2D eigenvalue weighted by atomic mass is 10.1. The van der Waals surface area contributed by atoms with Gasteiger partial charge in [0.2, 0.25) is 0 Å². The van der Waals surface area contributed by atoms with Crippen LogP contribution < -0.4 is 0 Å². The van der Waals surface area contributed by atoms with E-state index in [4.69, 9.17) is 4.74 Å². The normalized spacial score (nSPS) is 12.4. The molecule has 1 aromatic carbocycles. The van der Waals surface area contributed by atoms with Crippen molar-refractivity contribution in [3.8, 4) is 0 Å². The lowest BCUT2D eigenvalue weighted by Gasteiger charge is -2.12. The van der Waals surface area contributed by atoms with Gasteiger partial charge in [-0.15, -0.1) is 5.10 Å². The summed E-state index contributed by atoms with van der Waals surface area (Å²) in [5, 5.41) is 27.1. The van der Waals surface area contributed by atoms with Gasteiger partial charge in [0, 0.05) is 0 Å². The van der Waals surface area contributed by atoms with Gasteiger partial charge in [-0.05, 0) is 31.5 Å². The second kappa shape index (κ2) is 7.30. The first-order valence-electron chi connectivity index (χ1n) is 7.10. The number of halogens is 1. The molecule has 1 heterocycles. The van der Waals surface area contributed by atoms with Crippen molar-refractivity contribution in [3.63, 3.8) is 0 Å². The van der Waals surface area contributed by atoms with Gasteiger partial charge in [-0.25, -0.2) is 13.9 Å². The number of benzene rings is 1. The summed E-state index contributed by atoms with van der Waals surface area (Å²) in [4.78, 5) is 11.9. The molecule has 8 heteroatoms. The summed E-state index contributed by atoms with van der Waals surface area (Å²) in [5.74, 6) is -1.09. The molecule has 0 unspecified atom stereocenters. The van der Waals surface area contributed by atoms with Gasteiger partial charge in [0.05, 0.1) is 31.1 Å². The summed E-state index contributed by atoms with van der Waals surface area (Å²) in [7, 11) is 0. The van der Waals surface area contributed by atoms with E-state index in [9.17, 15) is 19.4 Å². The Morgan fingerprint density at radius 1 is 1.35 bits per heavy atom. The number of aliphatic hydroxyl groups excluding tert-OH is 2. The van der Waals surface area contributed by atoms with Gasteiger partial charge in [-0.2, -0.15) is 0 Å². The largest absolute Gasteiger partial charge is 0.458 e. The molecule has 23 heavy (non-hydrogen) atoms. The minimum absolute atomic E-state index is 0.0382. The number of aromatic nitrogens is 3. The third-order valence-corrected chi connectivity index (χ3v) is 3.12. The van der Waals surface area contributed by atoms with E-state index >= 15 is 0 Å². The average molecular weight is 323 g/mol. The van der Waals surface area contributed by atoms with Gasteiger partial charge in [-0.3, -0.25) is 0 Å². The zero-order valence-corrected chi connectivity index (χ0v) is 12.8. The van der Waals surface area contributed by atoms with Crippen LogP contribution in [0.3, 0.4) is 0 Å². The van der Waals surface area contributed by atoms with Crippen molar-refractivity contribution in [2.24, 2.45) is 0 Å². The molecular weight excluding hydrogens is 305 g/mol. The van der Waals surface area contributed by atoms with E-state index in [2.05, 4.69) is 10.3 Å². The van der Waals surface area contributed by atoms with Crippen LogP contribution in [-0.4, -0.2) is 37.3 Å². The highest BCUT2D eigenvalue weighted by Gasteiger charge is 2.22. The summed E-state index contributed by atoms with van der Waals surface area (Å²) in [6.45, 7) is 2.87. The Morgan fingerprint density at radius 3 is 2.57 bits per heavy atom. The van der Waals surface area contributed by atoms with Crippen LogP contribution in [0.15, 0.2) is 24.3 Å². The number of nitrogens with zero attached hydrogens (tertiary/aromatic N) is 3. The quantitative estimate of drug-likeness (QED) is 0.776. The Kier molecular flexibility index (Phi) is 5.41. The maximum absolute atomic E-state index is 12.9. The van der Waals surface area contributed by atoms with Gasteiger partial charge in [0.25, 0.3) is 0 Å². The van der Waals surface area contributed by atoms with Crippen LogP contribution in [0.25, 0.3) is 0 Å². The third kappa shape index (κ3) is 4.11. The highest BCUT2D eigenvalue weighted by Crippen LogP contribution is 2.17. The molecule has 1 atom stereocenters. The maximum Gasteiger partial charge on any atom is 0.361 e. The number of hydrogen-bond acceptors (Lipinski definition) is 6. The van der Waals surface area contributed by atoms with Crippen LogP contribution in [-0.2, 0) is 17.9 Å². The number of carbonyl (C=O) groups is 1. The minimum Gasteiger partial charge on any atom is -0.458 e. The van der Waals surface area contributed by atoms with Crippen molar-refractivity contribution in [1.82, 2.24) is 15.0 Å². The zero-order valence-electron chi connectivity index (χ0n) is 12.8. The molecule has 2 N–H and O–H groups in total. The fourth-order valence-corrected chi connectivity index (χ4v) is 2.02. The molecule has 0 aliphatic carbocycles. The monoisotopic (exact) mass is 323 g/mol. The highest BCUT2D eigenvalue weighted by atomic mass is 19.1. The van der Waals surface area contributed by atoms with Crippen LogP contribution in [0.2, 0.25) is 0 Å². The molecule has 1 aromatic heterocycles. The third-order valence-electron chi connectivity index (χ3n) is 3.12. The van der Waals surface area contributed by atoms with Gasteiger partial charge in [0.15, 0.2) is 5.69 Å². The van der Waals surface area contributed by atoms with Gasteiger partial charge < -0.3 is 14.9 Å². The van der Waals surface area contributed by atoms with E-state index in [1.165, 1.54) is 28.9 Å². The fraction of sp³-hybridized carbons (Fsp3) is 0.400. The molecule has 2 rings (SSSR count). The second-order valence-electron chi connectivity index (χ2n) is 5.25. The number of ether oxygens (including phenoxy) is 1. The van der Waals surface area contributed by atoms with E-state index in [-0.39, 0.29) is 24.0 Å². The summed E-state index contributed by atoms with van der Waals surface area (Å²) in [6, 6.07) is 5.36. The standard InChI is InChI=1S/C15H18FN3O4/c1-9(2)23-15(22)14-12(8-20)19(18-17-14)7-13(21)10-3-5-11(16)6-4-10/h3-6,9,13,20-21H,7-8H2,1-2H3/t13-/m0/s1. The number of carbonyl (C=O) groups excluding carboxylic acids is 1. The predicted molar refractivity (Wildman–Crippen MR) is 77.9 cm³/mol. The average Bonchev–Trinajstić information content (AvgIpc) is 2.89. The van der Waals surface area contributed by atoms with Crippen molar-refractivity contribution in [1.29, 1.82) is 0 Å². The van der Waals surface area contributed by atoms with Crippen molar-refractivity contribution in [2.45, 2.75) is 39.2 Å². The predicted octanol–water partition coefficient (Wildman–Crippen LogP) is 1.21. The Balaban J connectivity index is 2.18. The topological polar surface area (TPSA) is 97.5 Å². The molecule has 0 aliphatic rings. The highest BCUT2D eigenvalue weighted by molar-refractivity contribution is 5.88. The van der Waals surface area contributed by atoms with Gasteiger partial charge in [0.1, 0.15) is 5.82 Å². The van der Waals surface area contributed by atoms with Crippen molar-refractivity contribution in [2.75, 3.05) is 0 Å². The SMILES string of the molecule is CC(C)OC(=O)c1nnn(C[C@H](O)c2ccc(F)cc2)c1CO. The van der Waals surface area contributed by atoms with E-state index in [0.29, 0.717) is 5.56 Å². The fourth-order valence-electron chi connectivity index (χ4n) is 2.02. The lowest BCUT2D eigenvalue weighted by Crippen LogP contribution is -2.16. The molecule has 0 fully saturated rings. The van der Waals surface area contributed by atoms with E-state index in [1.807, 2.05) is 0 Å². The van der Waals surface area contributed by atoms with Crippen molar-refractivity contribution >= 4 is 5.97 Å². The smallest absolute Gasteiger partial charge is 0.361 e. The molecule has 0 saturated carbocycles. The van der Waals surface area contributed by atoms with Crippen LogP contribution in [0.5, 0.6) is 0 Å². The van der Waals surface area contributed by atoms with Crippen molar-refractivity contribution in [3.05, 3.63) is 47.0 Å². The van der Waals surface area contributed by atoms with E-state index in [1.54, 1.807) is 13.8 Å². The summed E-state index contributed by atoms with van der Waals surface area (Å²) < 4.78 is 19.2. The summed E-state index contributed by atoms with van der Waals surface area (Å²) in [6.07, 6.45) is -1.32. The first-order valence-corrected chi connectivity index (χ1v) is 7.10. The van der Waals surface area contributed by atoms with Crippen LogP contribution >= 0.6 is 0 Å². The molecule has 124 valence electrons. The Bertz CT molecular complexity index is 670. The molecular formula is C15H18FN3O4. The van der Waals surface area contributed by atoms with Gasteiger partial charge >= 0.3 is 5.97 Å². The number of hydrogen-bond donors (Lipinski definition) is 2. The second-order valence-corrected chi connectivity index (χ2v) is 5.25. The molecule has 0 amide bonds. The summed E-state index contributed by atoms with van der Waals surface area (Å²) >= 11 is 0. The number of esters is 1. The van der Waals surface area contributed by atoms with E-state index < -0.39 is 24.5 Å². The molecule has 0 aliphatic heterocycles. The molecule has 0 spiro atoms. The molecule has 0 bridgehead atoms.